The van der Waals surface area contributed by atoms with Crippen LogP contribution in [0.15, 0.2) is 40.0 Å². The van der Waals surface area contributed by atoms with Crippen molar-refractivity contribution in [1.82, 2.24) is 14.3 Å². The highest BCUT2D eigenvalue weighted by Gasteiger charge is 2.21. The molecule has 0 aliphatic heterocycles. The van der Waals surface area contributed by atoms with Crippen molar-refractivity contribution in [3.8, 4) is 0 Å². The van der Waals surface area contributed by atoms with E-state index in [1.54, 1.807) is 25.5 Å². The van der Waals surface area contributed by atoms with E-state index in [9.17, 15) is 8.42 Å². The molecule has 1 aromatic heterocycles. The van der Waals surface area contributed by atoms with Crippen LogP contribution < -0.4 is 4.72 Å². The predicted octanol–water partition coefficient (Wildman–Crippen LogP) is 2.53. The van der Waals surface area contributed by atoms with Gasteiger partial charge in [0.15, 0.2) is 5.03 Å². The summed E-state index contributed by atoms with van der Waals surface area (Å²) in [6.45, 7) is 3.56. The van der Waals surface area contributed by atoms with Gasteiger partial charge in [-0.2, -0.15) is 0 Å². The van der Waals surface area contributed by atoms with Crippen molar-refractivity contribution in [1.29, 1.82) is 0 Å². The highest BCUT2D eigenvalue weighted by atomic mass is 79.9. The molecule has 0 saturated carbocycles. The third-order valence-corrected chi connectivity index (χ3v) is 4.95. The van der Waals surface area contributed by atoms with E-state index in [2.05, 4.69) is 25.6 Å². The molecule has 2 rings (SSSR count). The number of sulfonamides is 1. The fourth-order valence-corrected chi connectivity index (χ4v) is 3.48. The van der Waals surface area contributed by atoms with E-state index >= 15 is 0 Å². The quantitative estimate of drug-likeness (QED) is 0.914. The Bertz CT molecular complexity index is 705. The Kier molecular flexibility index (Phi) is 4.31. The van der Waals surface area contributed by atoms with Gasteiger partial charge in [0.1, 0.15) is 5.82 Å². The van der Waals surface area contributed by atoms with Gasteiger partial charge in [-0.15, -0.1) is 0 Å². The summed E-state index contributed by atoms with van der Waals surface area (Å²) in [5, 5.41) is 0.0411. The van der Waals surface area contributed by atoms with Gasteiger partial charge in [-0.3, -0.25) is 0 Å². The van der Waals surface area contributed by atoms with E-state index < -0.39 is 10.0 Å². The minimum Gasteiger partial charge on any atom is -0.337 e. The van der Waals surface area contributed by atoms with Crippen molar-refractivity contribution < 1.29 is 8.42 Å². The summed E-state index contributed by atoms with van der Waals surface area (Å²) in [5.74, 6) is 0.653. The van der Waals surface area contributed by atoms with Gasteiger partial charge >= 0.3 is 0 Å². The second-order valence-electron chi connectivity index (χ2n) is 4.64. The monoisotopic (exact) mass is 357 g/mol. The summed E-state index contributed by atoms with van der Waals surface area (Å²) in [5.41, 5.74) is 0.885. The highest BCUT2D eigenvalue weighted by Crippen LogP contribution is 2.20. The summed E-state index contributed by atoms with van der Waals surface area (Å²) in [7, 11) is -1.86. The first-order chi connectivity index (χ1) is 9.29. The maximum atomic E-state index is 12.3. The molecular weight excluding hydrogens is 342 g/mol. The van der Waals surface area contributed by atoms with E-state index in [-0.39, 0.29) is 11.1 Å². The Morgan fingerprint density at radius 1 is 1.40 bits per heavy atom. The zero-order valence-electron chi connectivity index (χ0n) is 11.5. The van der Waals surface area contributed by atoms with Gasteiger partial charge in [0, 0.05) is 23.8 Å². The fourth-order valence-electron chi connectivity index (χ4n) is 1.79. The molecule has 1 N–H and O–H groups in total. The van der Waals surface area contributed by atoms with Crippen molar-refractivity contribution >= 4 is 26.0 Å². The lowest BCUT2D eigenvalue weighted by molar-refractivity contribution is 0.563. The van der Waals surface area contributed by atoms with Crippen molar-refractivity contribution in [3.63, 3.8) is 0 Å². The number of nitrogens with zero attached hydrogens (tertiary/aromatic N) is 2. The molecule has 1 atom stereocenters. The molecule has 0 fully saturated rings. The van der Waals surface area contributed by atoms with Gasteiger partial charge in [0.2, 0.25) is 0 Å². The molecule has 0 radical (unpaired) electrons. The third kappa shape index (κ3) is 3.28. The van der Waals surface area contributed by atoms with E-state index in [1.165, 1.54) is 6.20 Å². The van der Waals surface area contributed by atoms with Crippen LogP contribution in [0.25, 0.3) is 0 Å². The normalized spacial score (nSPS) is 13.4. The van der Waals surface area contributed by atoms with Crippen LogP contribution in [0.3, 0.4) is 0 Å². The molecule has 0 spiro atoms. The van der Waals surface area contributed by atoms with Crippen LogP contribution in [0.5, 0.6) is 0 Å². The molecule has 5 nitrogen and oxygen atoms in total. The molecular formula is C13H16BrN3O2S. The SMILES string of the molecule is Cc1nc(S(=O)(=O)NC(C)c2cccc(Br)c2)cn1C. The number of rotatable bonds is 4. The molecule has 0 saturated heterocycles. The van der Waals surface area contributed by atoms with E-state index in [1.807, 2.05) is 24.3 Å². The molecule has 20 heavy (non-hydrogen) atoms. The molecule has 108 valence electrons. The molecule has 0 amide bonds. The zero-order chi connectivity index (χ0) is 14.9. The zero-order valence-corrected chi connectivity index (χ0v) is 13.9. The molecule has 0 aliphatic carbocycles. The van der Waals surface area contributed by atoms with Crippen LogP contribution in [0.1, 0.15) is 24.4 Å². The molecule has 1 heterocycles. The van der Waals surface area contributed by atoms with Gasteiger partial charge < -0.3 is 4.57 Å². The number of aromatic nitrogens is 2. The molecule has 0 aliphatic rings. The lowest BCUT2D eigenvalue weighted by atomic mass is 10.1. The summed E-state index contributed by atoms with van der Waals surface area (Å²) in [6.07, 6.45) is 1.51. The summed E-state index contributed by atoms with van der Waals surface area (Å²) in [4.78, 5) is 4.05. The summed E-state index contributed by atoms with van der Waals surface area (Å²) in [6, 6.07) is 7.19. The van der Waals surface area contributed by atoms with Crippen LogP contribution >= 0.6 is 15.9 Å². The number of aryl methyl sites for hydroxylation is 2. The Morgan fingerprint density at radius 2 is 2.10 bits per heavy atom. The highest BCUT2D eigenvalue weighted by molar-refractivity contribution is 9.10. The number of hydrogen-bond donors (Lipinski definition) is 1. The summed E-state index contributed by atoms with van der Waals surface area (Å²) >= 11 is 3.37. The molecule has 1 unspecified atom stereocenters. The molecule has 2 aromatic rings. The Labute approximate surface area is 127 Å². The fraction of sp³-hybridized carbons (Fsp3) is 0.308. The standard InChI is InChI=1S/C13H16BrN3O2S/c1-9(11-5-4-6-12(14)7-11)16-20(18,19)13-8-17(3)10(2)15-13/h4-9,16H,1-3H3. The first kappa shape index (κ1) is 15.2. The summed E-state index contributed by atoms with van der Waals surface area (Å²) < 4.78 is 29.8. The number of nitrogens with one attached hydrogen (secondary N) is 1. The maximum Gasteiger partial charge on any atom is 0.260 e. The molecule has 7 heteroatoms. The Hall–Kier alpha value is -1.18. The first-order valence-electron chi connectivity index (χ1n) is 6.07. The van der Waals surface area contributed by atoms with Gasteiger partial charge in [0.05, 0.1) is 0 Å². The van der Waals surface area contributed by atoms with Crippen molar-refractivity contribution in [2.45, 2.75) is 24.9 Å². The number of imidazole rings is 1. The number of benzene rings is 1. The van der Waals surface area contributed by atoms with Crippen LogP contribution in [0, 0.1) is 6.92 Å². The van der Waals surface area contributed by atoms with Crippen molar-refractivity contribution in [2.24, 2.45) is 7.05 Å². The predicted molar refractivity (Wildman–Crippen MR) is 80.8 cm³/mol. The smallest absolute Gasteiger partial charge is 0.260 e. The average Bonchev–Trinajstić information content (AvgIpc) is 2.70. The van der Waals surface area contributed by atoms with Crippen LogP contribution in [0.2, 0.25) is 0 Å². The van der Waals surface area contributed by atoms with Crippen LogP contribution in [0.4, 0.5) is 0 Å². The van der Waals surface area contributed by atoms with E-state index in [4.69, 9.17) is 0 Å². The van der Waals surface area contributed by atoms with Crippen LogP contribution in [-0.4, -0.2) is 18.0 Å². The van der Waals surface area contributed by atoms with Gasteiger partial charge in [-0.25, -0.2) is 18.1 Å². The first-order valence-corrected chi connectivity index (χ1v) is 8.35. The number of halogens is 1. The second kappa shape index (κ2) is 5.67. The van der Waals surface area contributed by atoms with Crippen molar-refractivity contribution in [2.75, 3.05) is 0 Å². The minimum atomic E-state index is -3.62. The second-order valence-corrected chi connectivity index (χ2v) is 7.21. The van der Waals surface area contributed by atoms with Gasteiger partial charge in [-0.1, -0.05) is 28.1 Å². The lowest BCUT2D eigenvalue weighted by Crippen LogP contribution is -2.27. The van der Waals surface area contributed by atoms with E-state index in [0.29, 0.717) is 5.82 Å². The van der Waals surface area contributed by atoms with Crippen molar-refractivity contribution in [3.05, 3.63) is 46.3 Å². The molecule has 1 aromatic carbocycles. The minimum absolute atomic E-state index is 0.0411. The molecule has 0 bridgehead atoms. The average molecular weight is 358 g/mol. The Morgan fingerprint density at radius 3 is 2.65 bits per heavy atom. The maximum absolute atomic E-state index is 12.3. The van der Waals surface area contributed by atoms with E-state index in [0.717, 1.165) is 10.0 Å². The lowest BCUT2D eigenvalue weighted by Gasteiger charge is -2.13. The van der Waals surface area contributed by atoms with Gasteiger partial charge in [0.25, 0.3) is 10.0 Å². The topological polar surface area (TPSA) is 64.0 Å². The Balaban J connectivity index is 2.24. The number of hydrogen-bond acceptors (Lipinski definition) is 3. The van der Waals surface area contributed by atoms with Crippen LogP contribution in [-0.2, 0) is 17.1 Å². The van der Waals surface area contributed by atoms with Gasteiger partial charge in [-0.05, 0) is 31.5 Å². The third-order valence-electron chi connectivity index (χ3n) is 3.04. The largest absolute Gasteiger partial charge is 0.337 e.